The minimum atomic E-state index is -0.387. The van der Waals surface area contributed by atoms with Crippen LogP contribution in [-0.2, 0) is 9.47 Å². The van der Waals surface area contributed by atoms with E-state index in [1.54, 1.807) is 30.2 Å². The first-order valence-electron chi connectivity index (χ1n) is 7.86. The fourth-order valence-corrected chi connectivity index (χ4v) is 3.80. The van der Waals surface area contributed by atoms with Crippen LogP contribution in [0.3, 0.4) is 0 Å². The van der Waals surface area contributed by atoms with Crippen molar-refractivity contribution in [2.24, 2.45) is 0 Å². The van der Waals surface area contributed by atoms with Gasteiger partial charge in [0, 0.05) is 19.1 Å². The Morgan fingerprint density at radius 1 is 1.52 bits per heavy atom. The van der Waals surface area contributed by atoms with Crippen molar-refractivity contribution in [2.45, 2.75) is 24.5 Å². The van der Waals surface area contributed by atoms with Gasteiger partial charge in [-0.25, -0.2) is 4.39 Å². The molecule has 2 atom stereocenters. The molecule has 0 unspecified atom stereocenters. The minimum absolute atomic E-state index is 0.116. The lowest BCUT2D eigenvalue weighted by atomic mass is 9.96. The third-order valence-electron chi connectivity index (χ3n) is 4.97. The zero-order chi connectivity index (χ0) is 16.0. The Balaban J connectivity index is 1.62. The second-order valence-corrected chi connectivity index (χ2v) is 6.31. The SMILES string of the molecule is CO[C@H]1CN(C(=O)c2cc3cccc(F)c3[nH]2)C[C@@]12CCCO2. The van der Waals surface area contributed by atoms with Crippen LogP contribution in [0.25, 0.3) is 10.9 Å². The average molecular weight is 318 g/mol. The molecule has 0 saturated carbocycles. The van der Waals surface area contributed by atoms with Gasteiger partial charge in [-0.15, -0.1) is 0 Å². The Bertz CT molecular complexity index is 751. The summed E-state index contributed by atoms with van der Waals surface area (Å²) in [4.78, 5) is 17.4. The number of nitrogens with zero attached hydrogens (tertiary/aromatic N) is 1. The Hall–Kier alpha value is -1.92. The molecule has 2 fully saturated rings. The molecular formula is C17H19FN2O3. The first kappa shape index (κ1) is 14.7. The number of hydrogen-bond donors (Lipinski definition) is 1. The number of amides is 1. The molecule has 2 aliphatic heterocycles. The van der Waals surface area contributed by atoms with Crippen LogP contribution >= 0.6 is 0 Å². The summed E-state index contributed by atoms with van der Waals surface area (Å²) in [5, 5.41) is 0.697. The van der Waals surface area contributed by atoms with E-state index in [9.17, 15) is 9.18 Å². The fourth-order valence-electron chi connectivity index (χ4n) is 3.80. The summed E-state index contributed by atoms with van der Waals surface area (Å²) in [6, 6.07) is 6.50. The van der Waals surface area contributed by atoms with Crippen LogP contribution in [0.2, 0.25) is 0 Å². The van der Waals surface area contributed by atoms with Crippen LogP contribution in [0.15, 0.2) is 24.3 Å². The van der Waals surface area contributed by atoms with Crippen molar-refractivity contribution in [1.29, 1.82) is 0 Å². The van der Waals surface area contributed by atoms with Crippen LogP contribution < -0.4 is 0 Å². The number of carbonyl (C=O) groups excluding carboxylic acids is 1. The number of H-pyrrole nitrogens is 1. The number of nitrogens with one attached hydrogen (secondary N) is 1. The van der Waals surface area contributed by atoms with Crippen molar-refractivity contribution in [1.82, 2.24) is 9.88 Å². The van der Waals surface area contributed by atoms with Crippen LogP contribution in [0.5, 0.6) is 0 Å². The molecule has 5 nitrogen and oxygen atoms in total. The topological polar surface area (TPSA) is 54.6 Å². The highest BCUT2D eigenvalue weighted by molar-refractivity contribution is 5.98. The maximum atomic E-state index is 13.8. The number of fused-ring (bicyclic) bond motifs is 1. The third kappa shape index (κ3) is 2.24. The zero-order valence-corrected chi connectivity index (χ0v) is 13.0. The first-order valence-corrected chi connectivity index (χ1v) is 7.86. The molecule has 1 aromatic heterocycles. The van der Waals surface area contributed by atoms with Crippen LogP contribution in [0.1, 0.15) is 23.3 Å². The summed E-state index contributed by atoms with van der Waals surface area (Å²) < 4.78 is 25.3. The third-order valence-corrected chi connectivity index (χ3v) is 4.97. The maximum absolute atomic E-state index is 13.8. The molecule has 2 aromatic rings. The van der Waals surface area contributed by atoms with Crippen molar-refractivity contribution < 1.29 is 18.7 Å². The molecule has 2 aliphatic rings. The van der Waals surface area contributed by atoms with Crippen molar-refractivity contribution in [3.63, 3.8) is 0 Å². The van der Waals surface area contributed by atoms with Crippen LogP contribution in [0.4, 0.5) is 4.39 Å². The highest BCUT2D eigenvalue weighted by Crippen LogP contribution is 2.37. The molecule has 1 spiro atoms. The van der Waals surface area contributed by atoms with E-state index in [-0.39, 0.29) is 23.4 Å². The minimum Gasteiger partial charge on any atom is -0.377 e. The van der Waals surface area contributed by atoms with E-state index in [0.29, 0.717) is 36.3 Å². The van der Waals surface area contributed by atoms with Crippen LogP contribution in [0, 0.1) is 5.82 Å². The van der Waals surface area contributed by atoms with Gasteiger partial charge in [0.25, 0.3) is 5.91 Å². The number of aromatic amines is 1. The van der Waals surface area contributed by atoms with E-state index in [0.717, 1.165) is 12.8 Å². The van der Waals surface area contributed by atoms with Gasteiger partial charge in [0.2, 0.25) is 0 Å². The Morgan fingerprint density at radius 2 is 2.39 bits per heavy atom. The van der Waals surface area contributed by atoms with Gasteiger partial charge in [0.05, 0.1) is 18.6 Å². The Labute approximate surface area is 133 Å². The number of ether oxygens (including phenoxy) is 2. The van der Waals surface area contributed by atoms with Gasteiger partial charge < -0.3 is 19.4 Å². The summed E-state index contributed by atoms with van der Waals surface area (Å²) in [7, 11) is 1.65. The largest absolute Gasteiger partial charge is 0.377 e. The van der Waals surface area contributed by atoms with Gasteiger partial charge in [-0.1, -0.05) is 12.1 Å². The second kappa shape index (κ2) is 5.32. The lowest BCUT2D eigenvalue weighted by molar-refractivity contribution is -0.0754. The van der Waals surface area contributed by atoms with E-state index in [2.05, 4.69) is 4.98 Å². The van der Waals surface area contributed by atoms with Gasteiger partial charge >= 0.3 is 0 Å². The first-order chi connectivity index (χ1) is 11.1. The number of para-hydroxylation sites is 1. The van der Waals surface area contributed by atoms with E-state index < -0.39 is 0 Å². The number of aromatic nitrogens is 1. The number of halogens is 1. The average Bonchev–Trinajstić information content (AvgIpc) is 3.26. The highest BCUT2D eigenvalue weighted by atomic mass is 19.1. The highest BCUT2D eigenvalue weighted by Gasteiger charge is 2.51. The predicted octanol–water partition coefficient (Wildman–Crippen LogP) is 2.33. The monoisotopic (exact) mass is 318 g/mol. The standard InChI is InChI=1S/C17H19FN2O3/c1-22-14-9-20(10-17(14)6-3-7-23-17)16(21)13-8-11-4-2-5-12(18)15(11)19-13/h2,4-5,8,14,19H,3,6-7,9-10H2,1H3/t14-,17-/m0/s1. The van der Waals surface area contributed by atoms with Gasteiger partial charge in [0.1, 0.15) is 23.2 Å². The number of methoxy groups -OCH3 is 1. The molecule has 1 amide bonds. The molecular weight excluding hydrogens is 299 g/mol. The molecule has 6 heteroatoms. The molecule has 1 aromatic carbocycles. The molecule has 0 radical (unpaired) electrons. The van der Waals surface area contributed by atoms with Crippen molar-refractivity contribution in [2.75, 3.05) is 26.8 Å². The number of carbonyl (C=O) groups is 1. The van der Waals surface area contributed by atoms with Gasteiger partial charge in [0.15, 0.2) is 0 Å². The van der Waals surface area contributed by atoms with Crippen LogP contribution in [-0.4, -0.2) is 54.3 Å². The molecule has 23 heavy (non-hydrogen) atoms. The van der Waals surface area contributed by atoms with Crippen molar-refractivity contribution in [3.05, 3.63) is 35.8 Å². The number of likely N-dealkylation sites (tertiary alicyclic amines) is 1. The molecule has 2 saturated heterocycles. The number of hydrogen-bond acceptors (Lipinski definition) is 3. The van der Waals surface area contributed by atoms with Gasteiger partial charge in [-0.2, -0.15) is 0 Å². The lowest BCUT2D eigenvalue weighted by Gasteiger charge is -2.27. The summed E-state index contributed by atoms with van der Waals surface area (Å²) in [5.74, 6) is -0.497. The lowest BCUT2D eigenvalue weighted by Crippen LogP contribution is -2.42. The summed E-state index contributed by atoms with van der Waals surface area (Å²) >= 11 is 0. The molecule has 1 N–H and O–H groups in total. The smallest absolute Gasteiger partial charge is 0.270 e. The van der Waals surface area contributed by atoms with E-state index in [1.165, 1.54) is 6.07 Å². The van der Waals surface area contributed by atoms with Crippen molar-refractivity contribution >= 4 is 16.8 Å². The number of rotatable bonds is 2. The Morgan fingerprint density at radius 3 is 3.09 bits per heavy atom. The Kier molecular flexibility index (Phi) is 3.39. The van der Waals surface area contributed by atoms with E-state index >= 15 is 0 Å². The van der Waals surface area contributed by atoms with E-state index in [4.69, 9.17) is 9.47 Å². The fraction of sp³-hybridized carbons (Fsp3) is 0.471. The molecule has 122 valence electrons. The van der Waals surface area contributed by atoms with Crippen molar-refractivity contribution in [3.8, 4) is 0 Å². The van der Waals surface area contributed by atoms with E-state index in [1.807, 2.05) is 0 Å². The summed E-state index contributed by atoms with van der Waals surface area (Å²) in [6.45, 7) is 1.72. The quantitative estimate of drug-likeness (QED) is 0.924. The zero-order valence-electron chi connectivity index (χ0n) is 13.0. The maximum Gasteiger partial charge on any atom is 0.270 e. The molecule has 3 heterocycles. The summed E-state index contributed by atoms with van der Waals surface area (Å²) in [6.07, 6.45) is 1.77. The molecule has 0 aliphatic carbocycles. The number of benzene rings is 1. The second-order valence-electron chi connectivity index (χ2n) is 6.31. The molecule has 0 bridgehead atoms. The van der Waals surface area contributed by atoms with Gasteiger partial charge in [-0.05, 0) is 25.0 Å². The summed E-state index contributed by atoms with van der Waals surface area (Å²) in [5.41, 5.74) is 0.377. The predicted molar refractivity (Wildman–Crippen MR) is 82.9 cm³/mol. The molecule has 4 rings (SSSR count). The normalized spacial score (nSPS) is 27.4. The van der Waals surface area contributed by atoms with Gasteiger partial charge in [-0.3, -0.25) is 4.79 Å².